The van der Waals surface area contributed by atoms with Crippen LogP contribution in [-0.4, -0.2) is 19.3 Å². The molecule has 6 nitrogen and oxygen atoms in total. The fraction of sp³-hybridized carbons (Fsp3) is 0.353. The molecule has 126 valence electrons. The van der Waals surface area contributed by atoms with E-state index in [0.29, 0.717) is 17.6 Å². The van der Waals surface area contributed by atoms with Gasteiger partial charge in [-0.15, -0.1) is 0 Å². The number of aryl methyl sites for hydroxylation is 3. The zero-order chi connectivity index (χ0) is 17.3. The van der Waals surface area contributed by atoms with Crippen molar-refractivity contribution in [1.82, 2.24) is 15.1 Å². The Labute approximate surface area is 142 Å². The molecule has 0 spiro atoms. The van der Waals surface area contributed by atoms with Crippen molar-refractivity contribution in [2.75, 3.05) is 0 Å². The first-order valence-corrected chi connectivity index (χ1v) is 9.03. The minimum Gasteiger partial charge on any atom is -0.445 e. The van der Waals surface area contributed by atoms with Crippen molar-refractivity contribution in [3.63, 3.8) is 0 Å². The lowest BCUT2D eigenvalue weighted by molar-refractivity contribution is 0.379. The van der Waals surface area contributed by atoms with Crippen molar-refractivity contribution in [2.24, 2.45) is 0 Å². The molecule has 0 fully saturated rings. The van der Waals surface area contributed by atoms with Crippen LogP contribution in [0.15, 0.2) is 33.2 Å². The second kappa shape index (κ2) is 6.68. The molecule has 0 saturated heterocycles. The Balaban J connectivity index is 1.77. The maximum absolute atomic E-state index is 12.5. The topological polar surface area (TPSA) is 82.0 Å². The molecule has 0 unspecified atom stereocenters. The molecule has 0 aliphatic rings. The van der Waals surface area contributed by atoms with Gasteiger partial charge in [-0.25, -0.2) is 4.98 Å². The summed E-state index contributed by atoms with van der Waals surface area (Å²) in [6.45, 7) is 7.49. The van der Waals surface area contributed by atoms with Crippen molar-refractivity contribution < 1.29 is 13.1 Å². The van der Waals surface area contributed by atoms with E-state index in [9.17, 15) is 4.21 Å². The van der Waals surface area contributed by atoms with Crippen molar-refractivity contribution in [3.05, 3.63) is 53.1 Å². The average molecular weight is 345 g/mol. The van der Waals surface area contributed by atoms with Crippen LogP contribution in [0.2, 0.25) is 0 Å². The first-order valence-electron chi connectivity index (χ1n) is 7.65. The van der Waals surface area contributed by atoms with Gasteiger partial charge in [0.05, 0.1) is 5.69 Å². The number of oxazole rings is 1. The Morgan fingerprint density at radius 3 is 2.58 bits per heavy atom. The zero-order valence-electron chi connectivity index (χ0n) is 14.1. The predicted molar refractivity (Wildman–Crippen MR) is 90.7 cm³/mol. The van der Waals surface area contributed by atoms with Crippen molar-refractivity contribution >= 4 is 10.8 Å². The molecule has 0 aliphatic carbocycles. The molecule has 2 atom stereocenters. The second-order valence-corrected chi connectivity index (χ2v) is 7.44. The molecule has 2 heterocycles. The standard InChI is InChI=1S/C17H19N3O3S/c1-10-7-5-6-8-14(10)16-19-17(23-20-16)13(4)24(21)9-15-18-11(2)12(3)22-15/h5-8,13H,9H2,1-4H3/t13-,24+/m0/s1. The second-order valence-electron chi connectivity index (χ2n) is 5.69. The molecule has 24 heavy (non-hydrogen) atoms. The SMILES string of the molecule is Cc1ccccc1-c1noc([C@H](C)[S@](=O)Cc2nc(C)c(C)o2)n1. The van der Waals surface area contributed by atoms with Gasteiger partial charge in [0.2, 0.25) is 17.6 Å². The zero-order valence-corrected chi connectivity index (χ0v) is 14.9. The van der Waals surface area contributed by atoms with E-state index in [1.807, 2.05) is 45.0 Å². The molecule has 0 N–H and O–H groups in total. The number of aromatic nitrogens is 3. The van der Waals surface area contributed by atoms with E-state index < -0.39 is 16.0 Å². The molecule has 3 aromatic rings. The number of hydrogen-bond donors (Lipinski definition) is 0. The van der Waals surface area contributed by atoms with Gasteiger partial charge in [0.25, 0.3) is 0 Å². The Bertz CT molecular complexity index is 865. The molecular weight excluding hydrogens is 326 g/mol. The molecular formula is C17H19N3O3S. The lowest BCUT2D eigenvalue weighted by atomic mass is 10.1. The fourth-order valence-corrected chi connectivity index (χ4v) is 3.23. The summed E-state index contributed by atoms with van der Waals surface area (Å²) in [7, 11) is -1.26. The third-order valence-electron chi connectivity index (χ3n) is 3.91. The highest BCUT2D eigenvalue weighted by Crippen LogP contribution is 2.25. The molecule has 0 amide bonds. The van der Waals surface area contributed by atoms with Gasteiger partial charge in [-0.2, -0.15) is 4.98 Å². The van der Waals surface area contributed by atoms with Gasteiger partial charge in [-0.3, -0.25) is 4.21 Å². The largest absolute Gasteiger partial charge is 0.445 e. The molecule has 0 aliphatic heterocycles. The summed E-state index contributed by atoms with van der Waals surface area (Å²) in [4.78, 5) is 8.67. The molecule has 0 saturated carbocycles. The smallest absolute Gasteiger partial charge is 0.242 e. The first kappa shape index (κ1) is 16.6. The molecule has 0 radical (unpaired) electrons. The monoisotopic (exact) mass is 345 g/mol. The number of hydrogen-bond acceptors (Lipinski definition) is 6. The van der Waals surface area contributed by atoms with Gasteiger partial charge in [0.1, 0.15) is 16.8 Å². The van der Waals surface area contributed by atoms with Crippen LogP contribution in [0.5, 0.6) is 0 Å². The maximum atomic E-state index is 12.5. The summed E-state index contributed by atoms with van der Waals surface area (Å²) in [6, 6.07) is 7.80. The van der Waals surface area contributed by atoms with E-state index in [0.717, 1.165) is 22.6 Å². The van der Waals surface area contributed by atoms with Gasteiger partial charge in [-0.05, 0) is 33.3 Å². The van der Waals surface area contributed by atoms with Crippen LogP contribution in [0.3, 0.4) is 0 Å². The number of rotatable bonds is 5. The van der Waals surface area contributed by atoms with E-state index in [1.54, 1.807) is 6.92 Å². The van der Waals surface area contributed by atoms with Gasteiger partial charge >= 0.3 is 0 Å². The summed E-state index contributed by atoms with van der Waals surface area (Å²) < 4.78 is 23.3. The highest BCUT2D eigenvalue weighted by atomic mass is 32.2. The van der Waals surface area contributed by atoms with E-state index >= 15 is 0 Å². The molecule has 7 heteroatoms. The predicted octanol–water partition coefficient (Wildman–Crippen LogP) is 3.66. The lowest BCUT2D eigenvalue weighted by Crippen LogP contribution is -2.06. The van der Waals surface area contributed by atoms with E-state index in [-0.39, 0.29) is 5.75 Å². The van der Waals surface area contributed by atoms with Gasteiger partial charge in [-0.1, -0.05) is 29.4 Å². The quantitative estimate of drug-likeness (QED) is 0.702. The van der Waals surface area contributed by atoms with Crippen LogP contribution in [0.4, 0.5) is 0 Å². The van der Waals surface area contributed by atoms with Crippen LogP contribution in [-0.2, 0) is 16.6 Å². The summed E-state index contributed by atoms with van der Waals surface area (Å²) in [6.07, 6.45) is 0. The Kier molecular flexibility index (Phi) is 4.62. The molecule has 3 rings (SSSR count). The van der Waals surface area contributed by atoms with Gasteiger partial charge < -0.3 is 8.94 Å². The molecule has 1 aromatic carbocycles. The van der Waals surface area contributed by atoms with Gasteiger partial charge in [0.15, 0.2) is 0 Å². The summed E-state index contributed by atoms with van der Waals surface area (Å²) in [5.41, 5.74) is 2.78. The molecule has 0 bridgehead atoms. The summed E-state index contributed by atoms with van der Waals surface area (Å²) >= 11 is 0. The van der Waals surface area contributed by atoms with E-state index in [4.69, 9.17) is 8.94 Å². The van der Waals surface area contributed by atoms with E-state index in [1.165, 1.54) is 0 Å². The summed E-state index contributed by atoms with van der Waals surface area (Å²) in [5.74, 6) is 2.29. The Morgan fingerprint density at radius 1 is 1.17 bits per heavy atom. The third-order valence-corrected chi connectivity index (χ3v) is 5.43. The Hall–Kier alpha value is -2.28. The first-order chi connectivity index (χ1) is 11.5. The van der Waals surface area contributed by atoms with Crippen LogP contribution < -0.4 is 0 Å². The normalized spacial score (nSPS) is 13.8. The lowest BCUT2D eigenvalue weighted by Gasteiger charge is -2.04. The minimum atomic E-state index is -1.26. The van der Waals surface area contributed by atoms with Crippen LogP contribution in [0, 0.1) is 20.8 Å². The highest BCUT2D eigenvalue weighted by Gasteiger charge is 2.23. The average Bonchev–Trinajstić information content (AvgIpc) is 3.14. The van der Waals surface area contributed by atoms with Crippen LogP contribution in [0.1, 0.15) is 41.0 Å². The highest BCUT2D eigenvalue weighted by molar-refractivity contribution is 7.84. The minimum absolute atomic E-state index is 0.220. The number of nitrogens with zero attached hydrogens (tertiary/aromatic N) is 3. The van der Waals surface area contributed by atoms with Gasteiger partial charge in [0, 0.05) is 16.4 Å². The van der Waals surface area contributed by atoms with Crippen molar-refractivity contribution in [1.29, 1.82) is 0 Å². The van der Waals surface area contributed by atoms with E-state index in [2.05, 4.69) is 15.1 Å². The maximum Gasteiger partial charge on any atom is 0.242 e. The van der Waals surface area contributed by atoms with Crippen LogP contribution >= 0.6 is 0 Å². The van der Waals surface area contributed by atoms with Crippen molar-refractivity contribution in [2.45, 2.75) is 38.7 Å². The summed E-state index contributed by atoms with van der Waals surface area (Å²) in [5, 5.41) is 3.62. The Morgan fingerprint density at radius 2 is 1.92 bits per heavy atom. The van der Waals surface area contributed by atoms with Crippen molar-refractivity contribution in [3.8, 4) is 11.4 Å². The molecule has 2 aromatic heterocycles. The van der Waals surface area contributed by atoms with Crippen LogP contribution in [0.25, 0.3) is 11.4 Å². The number of benzene rings is 1. The fourth-order valence-electron chi connectivity index (χ4n) is 2.29. The third kappa shape index (κ3) is 3.31.